The molecule has 0 aromatic heterocycles. The highest BCUT2D eigenvalue weighted by molar-refractivity contribution is 7.92. The Morgan fingerprint density at radius 1 is 1.03 bits per heavy atom. The zero-order valence-corrected chi connectivity index (χ0v) is 16.9. The van der Waals surface area contributed by atoms with E-state index in [4.69, 9.17) is 9.47 Å². The van der Waals surface area contributed by atoms with Gasteiger partial charge >= 0.3 is 0 Å². The number of amides is 1. The van der Waals surface area contributed by atoms with Crippen molar-refractivity contribution >= 4 is 21.6 Å². The minimum atomic E-state index is -3.38. The summed E-state index contributed by atoms with van der Waals surface area (Å²) in [7, 11) is -3.38. The monoisotopic (exact) mass is 417 g/mol. The van der Waals surface area contributed by atoms with Crippen molar-refractivity contribution in [1.29, 1.82) is 0 Å². The maximum atomic E-state index is 12.8. The number of fused-ring (bicyclic) bond motifs is 1. The van der Waals surface area contributed by atoms with Crippen molar-refractivity contribution < 1.29 is 22.7 Å². The number of sulfonamides is 1. The Labute approximate surface area is 170 Å². The van der Waals surface area contributed by atoms with Gasteiger partial charge in [0.05, 0.1) is 6.26 Å². The Bertz CT molecular complexity index is 1020. The molecule has 0 spiro atoms. The molecule has 1 fully saturated rings. The maximum Gasteiger partial charge on any atom is 0.254 e. The van der Waals surface area contributed by atoms with Crippen molar-refractivity contribution in [3.63, 3.8) is 0 Å². The Kier molecular flexibility index (Phi) is 5.33. The molecule has 2 aromatic rings. The summed E-state index contributed by atoms with van der Waals surface area (Å²) in [6.45, 7) is 3.82. The molecule has 29 heavy (non-hydrogen) atoms. The number of nitrogens with zero attached hydrogens (tertiary/aromatic N) is 2. The molecule has 2 aromatic carbocycles. The van der Waals surface area contributed by atoms with E-state index in [0.717, 1.165) is 43.0 Å². The van der Waals surface area contributed by atoms with Gasteiger partial charge in [-0.25, -0.2) is 8.42 Å². The van der Waals surface area contributed by atoms with E-state index in [-0.39, 0.29) is 12.7 Å². The highest BCUT2D eigenvalue weighted by Gasteiger charge is 2.23. The van der Waals surface area contributed by atoms with Crippen LogP contribution in [0.3, 0.4) is 0 Å². The average Bonchev–Trinajstić information content (AvgIpc) is 3.15. The number of hydrogen-bond acceptors (Lipinski definition) is 6. The molecule has 8 nitrogen and oxygen atoms in total. The third kappa shape index (κ3) is 4.80. The Hall–Kier alpha value is -2.78. The van der Waals surface area contributed by atoms with Gasteiger partial charge < -0.3 is 14.4 Å². The number of rotatable bonds is 5. The summed E-state index contributed by atoms with van der Waals surface area (Å²) in [6.07, 6.45) is 1.08. The lowest BCUT2D eigenvalue weighted by Crippen LogP contribution is -2.48. The molecule has 2 aliphatic rings. The molecule has 9 heteroatoms. The zero-order chi connectivity index (χ0) is 20.4. The standard InChI is InChI=1S/C20H23N3O5S/c1-29(25,26)21-17-4-2-3-16(12-17)20(24)23-9-7-22(8-10-23)13-15-5-6-18-19(11-15)28-14-27-18/h2-6,11-12,21H,7-10,13-14H2,1H3. The van der Waals surface area contributed by atoms with Crippen LogP contribution in [0.2, 0.25) is 0 Å². The second kappa shape index (κ2) is 7.92. The fourth-order valence-corrected chi connectivity index (χ4v) is 4.07. The first kappa shape index (κ1) is 19.5. The molecule has 1 N–H and O–H groups in total. The van der Waals surface area contributed by atoms with E-state index >= 15 is 0 Å². The van der Waals surface area contributed by atoms with Gasteiger partial charge in [0.1, 0.15) is 0 Å². The quantitative estimate of drug-likeness (QED) is 0.797. The van der Waals surface area contributed by atoms with Crippen molar-refractivity contribution in [2.24, 2.45) is 0 Å². The van der Waals surface area contributed by atoms with E-state index in [9.17, 15) is 13.2 Å². The Morgan fingerprint density at radius 3 is 2.55 bits per heavy atom. The molecular formula is C20H23N3O5S. The summed E-state index contributed by atoms with van der Waals surface area (Å²) in [5.41, 5.74) is 2.01. The highest BCUT2D eigenvalue weighted by atomic mass is 32.2. The van der Waals surface area contributed by atoms with E-state index in [1.54, 1.807) is 29.2 Å². The first-order valence-electron chi connectivity index (χ1n) is 9.35. The van der Waals surface area contributed by atoms with Gasteiger partial charge in [-0.2, -0.15) is 0 Å². The highest BCUT2D eigenvalue weighted by Crippen LogP contribution is 2.32. The van der Waals surface area contributed by atoms with Crippen molar-refractivity contribution in [2.75, 3.05) is 43.9 Å². The second-order valence-corrected chi connectivity index (χ2v) is 8.96. The minimum Gasteiger partial charge on any atom is -0.454 e. The lowest BCUT2D eigenvalue weighted by molar-refractivity contribution is 0.0628. The summed E-state index contributed by atoms with van der Waals surface area (Å²) >= 11 is 0. The van der Waals surface area contributed by atoms with Crippen LogP contribution in [0.4, 0.5) is 5.69 Å². The summed E-state index contributed by atoms with van der Waals surface area (Å²) < 4.78 is 36.0. The molecular weight excluding hydrogens is 394 g/mol. The number of anilines is 1. The molecule has 4 rings (SSSR count). The number of hydrogen-bond donors (Lipinski definition) is 1. The van der Waals surface area contributed by atoms with Crippen LogP contribution in [0, 0.1) is 0 Å². The topological polar surface area (TPSA) is 88.2 Å². The smallest absolute Gasteiger partial charge is 0.254 e. The minimum absolute atomic E-state index is 0.0927. The summed E-state index contributed by atoms with van der Waals surface area (Å²) in [5.74, 6) is 1.46. The number of carbonyl (C=O) groups is 1. The van der Waals surface area contributed by atoms with Crippen LogP contribution in [0.15, 0.2) is 42.5 Å². The number of ether oxygens (including phenoxy) is 2. The number of carbonyl (C=O) groups excluding carboxylic acids is 1. The molecule has 1 saturated heterocycles. The van der Waals surface area contributed by atoms with Gasteiger partial charge in [-0.3, -0.25) is 14.4 Å². The lowest BCUT2D eigenvalue weighted by Gasteiger charge is -2.34. The van der Waals surface area contributed by atoms with Crippen molar-refractivity contribution in [2.45, 2.75) is 6.54 Å². The lowest BCUT2D eigenvalue weighted by atomic mass is 10.1. The van der Waals surface area contributed by atoms with Crippen molar-refractivity contribution in [3.8, 4) is 11.5 Å². The molecule has 0 saturated carbocycles. The van der Waals surface area contributed by atoms with Gasteiger partial charge in [0, 0.05) is 44.0 Å². The van der Waals surface area contributed by atoms with E-state index in [1.165, 1.54) is 0 Å². The Balaban J connectivity index is 1.34. The fraction of sp³-hybridized carbons (Fsp3) is 0.350. The predicted octanol–water partition coefficient (Wildman–Crippen LogP) is 1.74. The van der Waals surface area contributed by atoms with Crippen LogP contribution >= 0.6 is 0 Å². The van der Waals surface area contributed by atoms with Crippen LogP contribution in [0.25, 0.3) is 0 Å². The van der Waals surface area contributed by atoms with Crippen LogP contribution in [0.1, 0.15) is 15.9 Å². The van der Waals surface area contributed by atoms with E-state index in [1.807, 2.05) is 18.2 Å². The molecule has 0 unspecified atom stereocenters. The maximum absolute atomic E-state index is 12.8. The summed E-state index contributed by atoms with van der Waals surface area (Å²) in [5, 5.41) is 0. The SMILES string of the molecule is CS(=O)(=O)Nc1cccc(C(=O)N2CCN(Cc3ccc4c(c3)OCO4)CC2)c1. The van der Waals surface area contributed by atoms with Crippen LogP contribution in [0.5, 0.6) is 11.5 Å². The van der Waals surface area contributed by atoms with Crippen LogP contribution in [-0.4, -0.2) is 63.4 Å². The largest absolute Gasteiger partial charge is 0.454 e. The normalized spacial score (nSPS) is 16.7. The van der Waals surface area contributed by atoms with E-state index < -0.39 is 10.0 Å². The molecule has 2 aliphatic heterocycles. The van der Waals surface area contributed by atoms with Gasteiger partial charge in [-0.05, 0) is 35.9 Å². The third-order valence-corrected chi connectivity index (χ3v) is 5.52. The molecule has 154 valence electrons. The Morgan fingerprint density at radius 2 is 1.79 bits per heavy atom. The van der Waals surface area contributed by atoms with Gasteiger partial charge in [-0.1, -0.05) is 12.1 Å². The van der Waals surface area contributed by atoms with Gasteiger partial charge in [0.2, 0.25) is 16.8 Å². The molecule has 0 radical (unpaired) electrons. The van der Waals surface area contributed by atoms with Crippen LogP contribution in [-0.2, 0) is 16.6 Å². The average molecular weight is 417 g/mol. The molecule has 0 bridgehead atoms. The van der Waals surface area contributed by atoms with Gasteiger partial charge in [-0.15, -0.1) is 0 Å². The third-order valence-electron chi connectivity index (χ3n) is 4.92. The number of piperazine rings is 1. The predicted molar refractivity (Wildman–Crippen MR) is 109 cm³/mol. The first-order chi connectivity index (χ1) is 13.9. The second-order valence-electron chi connectivity index (χ2n) is 7.21. The first-order valence-corrected chi connectivity index (χ1v) is 11.2. The number of nitrogens with one attached hydrogen (secondary N) is 1. The van der Waals surface area contributed by atoms with Crippen molar-refractivity contribution in [3.05, 3.63) is 53.6 Å². The number of benzene rings is 2. The molecule has 0 aliphatic carbocycles. The van der Waals surface area contributed by atoms with E-state index in [2.05, 4.69) is 9.62 Å². The summed E-state index contributed by atoms with van der Waals surface area (Å²) in [4.78, 5) is 16.9. The fourth-order valence-electron chi connectivity index (χ4n) is 3.52. The van der Waals surface area contributed by atoms with Crippen molar-refractivity contribution in [1.82, 2.24) is 9.80 Å². The van der Waals surface area contributed by atoms with Gasteiger partial charge in [0.15, 0.2) is 11.5 Å². The molecule has 0 atom stereocenters. The van der Waals surface area contributed by atoms with E-state index in [0.29, 0.717) is 24.3 Å². The van der Waals surface area contributed by atoms with Crippen LogP contribution < -0.4 is 14.2 Å². The zero-order valence-electron chi connectivity index (χ0n) is 16.1. The molecule has 2 heterocycles. The molecule has 1 amide bonds. The van der Waals surface area contributed by atoms with Gasteiger partial charge in [0.25, 0.3) is 5.91 Å². The summed E-state index contributed by atoms with van der Waals surface area (Å²) in [6, 6.07) is 12.5.